The number of hydrogen-bond donors (Lipinski definition) is 20. The lowest BCUT2D eigenvalue weighted by Crippen LogP contribution is -2.68. The molecule has 6 amide bonds. The van der Waals surface area contributed by atoms with Crippen LogP contribution in [0.1, 0.15) is 49.2 Å². The molecule has 25 N–H and O–H groups in total. The van der Waals surface area contributed by atoms with Crippen molar-refractivity contribution in [2.75, 3.05) is 11.4 Å². The first-order chi connectivity index (χ1) is 30.6. The van der Waals surface area contributed by atoms with Crippen molar-refractivity contribution in [1.82, 2.24) is 47.9 Å². The summed E-state index contributed by atoms with van der Waals surface area (Å²) in [5.41, 5.74) is 24.7. The van der Waals surface area contributed by atoms with Crippen LogP contribution in [0, 0.1) is 37.2 Å². The number of rotatable bonds is 22. The van der Waals surface area contributed by atoms with Gasteiger partial charge in [0.1, 0.15) is 6.04 Å². The number of nitro benzene ring substituents is 1. The number of carbonyl (C=O) groups excluding carboxylic acids is 6. The van der Waals surface area contributed by atoms with Gasteiger partial charge in [-0.3, -0.25) is 60.5 Å². The topological polar surface area (TPSA) is 540 Å². The number of aliphatic hydroxyl groups excluding tert-OH is 1. The third-order valence-corrected chi connectivity index (χ3v) is 8.46. The van der Waals surface area contributed by atoms with Gasteiger partial charge in [-0.15, -0.1) is 0 Å². The molecule has 0 heterocycles. The smallest absolute Gasteiger partial charge is 0.338 e. The minimum absolute atomic E-state index is 0.0372. The number of carboxylic acid groups (broad SMARTS) is 1. The summed E-state index contributed by atoms with van der Waals surface area (Å²) in [7, 11) is 0. The van der Waals surface area contributed by atoms with Crippen molar-refractivity contribution in [2.24, 2.45) is 34.1 Å². The summed E-state index contributed by atoms with van der Waals surface area (Å²) < 4.78 is 0. The highest BCUT2D eigenvalue weighted by Gasteiger charge is 2.36. The van der Waals surface area contributed by atoms with Gasteiger partial charge in [-0.2, -0.15) is 0 Å². The molecule has 6 atom stereocenters. The molecular weight excluding hydrogens is 877 g/mol. The number of anilines is 1. The quantitative estimate of drug-likeness (QED) is 0.0172. The van der Waals surface area contributed by atoms with Crippen LogP contribution >= 0.6 is 0 Å². The van der Waals surface area contributed by atoms with E-state index in [2.05, 4.69) is 26.6 Å². The van der Waals surface area contributed by atoms with Crippen LogP contribution in [0.3, 0.4) is 0 Å². The number of amides is 6. The Balaban J connectivity index is 2.52. The molecule has 0 aliphatic heterocycles. The third kappa shape index (κ3) is 16.7. The predicted octanol–water partition coefficient (Wildman–Crippen LogP) is -6.10. The first kappa shape index (κ1) is 53.1. The van der Waals surface area contributed by atoms with Gasteiger partial charge < -0.3 is 91.6 Å². The normalized spacial score (nSPS) is 13.5. The fourth-order valence-corrected chi connectivity index (χ4v) is 5.40. The minimum atomic E-state index is -2.26. The fourth-order valence-electron chi connectivity index (χ4n) is 5.40. The second-order valence-electron chi connectivity index (χ2n) is 14.9. The molecular formula is C35H52N20O11. The molecule has 31 nitrogen and oxygen atoms in total. The number of primary amides is 1. The standard InChI is InChI=1S/C35H52N20O11/c1-35(2,3)11-12-54(17-10-9-15(55(65)66)13-16(17)30(63)64)29(62)28(61)45-18(14-7-5-4-6-8-14)24(57)47-21(51-32(39)40)26(59)49-23(53-34(43)44)27(60)48-22(52-33(41)42)25(58)46-20(19(36)56)50-31(37)38/h4-10,13,18,20-23,29,62H,11-12H2,1-3H3,(H2,36,56)(H,45,61)(H,46,58)(H,47,57)(H,48,60)(H,49,59)(H,63,64)(H4,37,38,50)(H4,39,40,51)(H4,41,42,52)(H4,43,44,53). The number of carboxylic acids is 1. The lowest BCUT2D eigenvalue weighted by Gasteiger charge is -2.33. The molecule has 0 fully saturated rings. The summed E-state index contributed by atoms with van der Waals surface area (Å²) in [6.45, 7) is 5.26. The van der Waals surface area contributed by atoms with Gasteiger partial charge in [-0.25, -0.2) is 4.79 Å². The molecule has 0 aromatic heterocycles. The van der Waals surface area contributed by atoms with Crippen LogP contribution in [0.2, 0.25) is 0 Å². The molecule has 31 heteroatoms. The minimum Gasteiger partial charge on any atom is -0.478 e. The summed E-state index contributed by atoms with van der Waals surface area (Å²) in [5, 5.41) is 82.1. The maximum Gasteiger partial charge on any atom is 0.338 e. The zero-order chi connectivity index (χ0) is 50.2. The van der Waals surface area contributed by atoms with E-state index in [0.29, 0.717) is 0 Å². The molecule has 0 radical (unpaired) electrons. The number of nitrogens with one attached hydrogen (secondary N) is 13. The van der Waals surface area contributed by atoms with Crippen molar-refractivity contribution < 1.29 is 48.7 Å². The van der Waals surface area contributed by atoms with E-state index in [0.717, 1.165) is 23.1 Å². The fraction of sp³-hybridized carbons (Fsp3) is 0.343. The largest absolute Gasteiger partial charge is 0.478 e. The Morgan fingerprint density at radius 1 is 0.652 bits per heavy atom. The lowest BCUT2D eigenvalue weighted by atomic mass is 9.92. The number of aliphatic hydroxyl groups is 1. The number of nitrogens with zero attached hydrogens (tertiary/aromatic N) is 2. The average molecular weight is 929 g/mol. The molecule has 66 heavy (non-hydrogen) atoms. The van der Waals surface area contributed by atoms with E-state index in [4.69, 9.17) is 50.3 Å². The second kappa shape index (κ2) is 23.4. The number of guanidine groups is 4. The van der Waals surface area contributed by atoms with Crippen molar-refractivity contribution >= 4 is 76.6 Å². The molecule has 0 bridgehead atoms. The Kier molecular flexibility index (Phi) is 18.8. The van der Waals surface area contributed by atoms with Crippen LogP contribution in [-0.4, -0.2) is 118 Å². The highest BCUT2D eigenvalue weighted by atomic mass is 16.6. The molecule has 2 rings (SSSR count). The molecule has 0 aliphatic carbocycles. The van der Waals surface area contributed by atoms with E-state index in [9.17, 15) is 53.9 Å². The monoisotopic (exact) mass is 928 g/mol. The molecule has 358 valence electrons. The van der Waals surface area contributed by atoms with E-state index in [-0.39, 0.29) is 24.2 Å². The second-order valence-corrected chi connectivity index (χ2v) is 14.9. The van der Waals surface area contributed by atoms with Crippen LogP contribution in [0.15, 0.2) is 48.5 Å². The van der Waals surface area contributed by atoms with Crippen molar-refractivity contribution in [3.05, 3.63) is 69.8 Å². The first-order valence-corrected chi connectivity index (χ1v) is 18.9. The molecule has 0 aliphatic rings. The van der Waals surface area contributed by atoms with Gasteiger partial charge in [-0.1, -0.05) is 51.1 Å². The van der Waals surface area contributed by atoms with Gasteiger partial charge in [0, 0.05) is 18.7 Å². The molecule has 2 aromatic rings. The number of nitro groups is 1. The summed E-state index contributed by atoms with van der Waals surface area (Å²) in [4.78, 5) is 104. The Labute approximate surface area is 373 Å². The number of aromatic carboxylic acids is 1. The van der Waals surface area contributed by atoms with Crippen LogP contribution < -0.4 is 81.4 Å². The van der Waals surface area contributed by atoms with Crippen LogP contribution in [0.25, 0.3) is 0 Å². The summed E-state index contributed by atoms with van der Waals surface area (Å²) in [6, 6.07) is 8.14. The summed E-state index contributed by atoms with van der Waals surface area (Å²) in [5.74, 6) is -13.2. The zero-order valence-corrected chi connectivity index (χ0v) is 35.3. The maximum absolute atomic E-state index is 14.1. The molecule has 6 unspecified atom stereocenters. The van der Waals surface area contributed by atoms with Crippen LogP contribution in [0.4, 0.5) is 11.4 Å². The Morgan fingerprint density at radius 2 is 1.08 bits per heavy atom. The van der Waals surface area contributed by atoms with Crippen molar-refractivity contribution in [3.63, 3.8) is 0 Å². The van der Waals surface area contributed by atoms with Gasteiger partial charge in [0.25, 0.3) is 35.2 Å². The van der Waals surface area contributed by atoms with Crippen LogP contribution in [-0.2, 0) is 28.8 Å². The number of carbonyl (C=O) groups is 7. The average Bonchev–Trinajstić information content (AvgIpc) is 3.20. The third-order valence-electron chi connectivity index (χ3n) is 8.46. The Morgan fingerprint density at radius 3 is 1.47 bits per heavy atom. The predicted molar refractivity (Wildman–Crippen MR) is 232 cm³/mol. The molecule has 0 saturated heterocycles. The number of non-ortho nitro benzene ring substituents is 1. The Bertz CT molecular complexity index is 2220. The highest BCUT2D eigenvalue weighted by Crippen LogP contribution is 2.29. The van der Waals surface area contributed by atoms with Crippen LogP contribution in [0.5, 0.6) is 0 Å². The molecule has 0 saturated carbocycles. The molecule has 0 spiro atoms. The molecule has 2 aromatic carbocycles. The maximum atomic E-state index is 14.1. The van der Waals surface area contributed by atoms with Gasteiger partial charge in [-0.05, 0) is 23.5 Å². The number of benzene rings is 2. The van der Waals surface area contributed by atoms with Crippen molar-refractivity contribution in [1.29, 1.82) is 21.6 Å². The summed E-state index contributed by atoms with van der Waals surface area (Å²) in [6.07, 6.45) is -10.1. The van der Waals surface area contributed by atoms with E-state index in [1.54, 1.807) is 6.07 Å². The van der Waals surface area contributed by atoms with Gasteiger partial charge in [0.05, 0.1) is 16.2 Å². The zero-order valence-electron chi connectivity index (χ0n) is 35.3. The lowest BCUT2D eigenvalue weighted by molar-refractivity contribution is -0.384. The van der Waals surface area contributed by atoms with Gasteiger partial charge in [0.15, 0.2) is 48.5 Å². The van der Waals surface area contributed by atoms with Crippen molar-refractivity contribution in [2.45, 2.75) is 64.1 Å². The van der Waals surface area contributed by atoms with E-state index >= 15 is 0 Å². The van der Waals surface area contributed by atoms with E-state index in [1.165, 1.54) is 24.3 Å². The number of nitrogens with two attached hydrogens (primary N) is 5. The SMILES string of the molecule is CC(C)(C)CCN(c1ccc([N+](=O)[O-])cc1C(=O)O)C(O)C(=O)NC(C(=O)NC(NC(=N)N)C(=O)NC(NC(=N)N)C(=O)NC(NC(=N)N)C(=O)NC(NC(=N)N)C(N)=O)c1ccccc1. The summed E-state index contributed by atoms with van der Waals surface area (Å²) >= 11 is 0. The first-order valence-electron chi connectivity index (χ1n) is 18.9. The highest BCUT2D eigenvalue weighted by molar-refractivity contribution is 6.00. The van der Waals surface area contributed by atoms with Gasteiger partial charge >= 0.3 is 5.97 Å². The number of hydrogen-bond acceptors (Lipinski definition) is 15. The van der Waals surface area contributed by atoms with E-state index in [1.807, 2.05) is 42.0 Å². The Hall–Kier alpha value is -9.03. The van der Waals surface area contributed by atoms with Gasteiger partial charge in [0.2, 0.25) is 12.1 Å². The van der Waals surface area contributed by atoms with Crippen molar-refractivity contribution in [3.8, 4) is 0 Å². The van der Waals surface area contributed by atoms with E-state index < -0.39 is 124 Å².